The van der Waals surface area contributed by atoms with Crippen molar-refractivity contribution >= 4 is 40.1 Å². The summed E-state index contributed by atoms with van der Waals surface area (Å²) in [7, 11) is 1.08. The van der Waals surface area contributed by atoms with Gasteiger partial charge in [-0.3, -0.25) is 9.78 Å². The van der Waals surface area contributed by atoms with Crippen molar-refractivity contribution in [2.75, 3.05) is 18.6 Å². The molecule has 0 radical (unpaired) electrons. The number of fused-ring (bicyclic) bond motifs is 1. The second-order valence-electron chi connectivity index (χ2n) is 10.1. The standard InChI is InChI=1S/C31H22ClF5N4O3/c1-44-30(43)25(40-29(42)27-23(33)13-18(14-24(27)34)41-10-8-26(41)31(35,36)37)12-17-5-7-21(28-19(17)3-2-9-39-28)20-6-4-16(15-38)11-22(20)32/h2-7,9,11,13-14,25-26H,8,10,12H2,1H3,(H,40,42)/t25-,26?/m0/s1. The van der Waals surface area contributed by atoms with Crippen molar-refractivity contribution < 1.29 is 36.3 Å². The Balaban J connectivity index is 1.44. The van der Waals surface area contributed by atoms with Gasteiger partial charge < -0.3 is 15.0 Å². The molecule has 2 heterocycles. The zero-order valence-corrected chi connectivity index (χ0v) is 23.6. The number of amides is 1. The molecule has 1 saturated heterocycles. The summed E-state index contributed by atoms with van der Waals surface area (Å²) >= 11 is 6.43. The summed E-state index contributed by atoms with van der Waals surface area (Å²) in [5.74, 6) is -4.96. The smallest absolute Gasteiger partial charge is 0.408 e. The van der Waals surface area contributed by atoms with Gasteiger partial charge in [-0.2, -0.15) is 18.4 Å². The zero-order chi connectivity index (χ0) is 31.8. The molecule has 5 rings (SSSR count). The van der Waals surface area contributed by atoms with Crippen LogP contribution in [0.2, 0.25) is 5.02 Å². The lowest BCUT2D eigenvalue weighted by atomic mass is 9.94. The SMILES string of the molecule is COC(=O)[C@H](Cc1ccc(-c2ccc(C#N)cc2Cl)c2ncccc12)NC(=O)c1c(F)cc(N2CCC2C(F)(F)F)cc1F. The summed E-state index contributed by atoms with van der Waals surface area (Å²) in [6.07, 6.45) is -3.41. The molecule has 0 spiro atoms. The third kappa shape index (κ3) is 5.88. The molecule has 1 unspecified atom stereocenters. The van der Waals surface area contributed by atoms with E-state index in [-0.39, 0.29) is 25.1 Å². The number of nitrogens with one attached hydrogen (secondary N) is 1. The monoisotopic (exact) mass is 628 g/mol. The molecule has 0 saturated carbocycles. The number of ether oxygens (including phenoxy) is 1. The molecule has 7 nitrogen and oxygen atoms in total. The van der Waals surface area contributed by atoms with Crippen LogP contribution in [-0.4, -0.2) is 48.8 Å². The van der Waals surface area contributed by atoms with Crippen molar-refractivity contribution in [3.63, 3.8) is 0 Å². The topological polar surface area (TPSA) is 95.3 Å². The first-order chi connectivity index (χ1) is 20.9. The van der Waals surface area contributed by atoms with E-state index in [9.17, 15) is 31.5 Å². The summed E-state index contributed by atoms with van der Waals surface area (Å²) in [5, 5.41) is 12.4. The van der Waals surface area contributed by atoms with Crippen molar-refractivity contribution in [3.8, 4) is 17.2 Å². The molecule has 2 atom stereocenters. The third-order valence-corrected chi connectivity index (χ3v) is 7.76. The Bertz CT molecular complexity index is 1800. The minimum absolute atomic E-state index is 0.0575. The third-order valence-electron chi connectivity index (χ3n) is 7.45. The van der Waals surface area contributed by atoms with Crippen LogP contribution in [0.5, 0.6) is 0 Å². The molecular formula is C31H22ClF5N4O3. The van der Waals surface area contributed by atoms with Crippen molar-refractivity contribution in [1.29, 1.82) is 5.26 Å². The van der Waals surface area contributed by atoms with Crippen molar-refractivity contribution in [3.05, 3.63) is 94.1 Å². The molecule has 44 heavy (non-hydrogen) atoms. The summed E-state index contributed by atoms with van der Waals surface area (Å²) in [5.41, 5.74) is 1.24. The number of benzene rings is 3. The van der Waals surface area contributed by atoms with Gasteiger partial charge >= 0.3 is 12.1 Å². The van der Waals surface area contributed by atoms with Gasteiger partial charge in [0, 0.05) is 46.4 Å². The number of pyridine rings is 1. The second kappa shape index (κ2) is 12.1. The molecule has 0 aliphatic carbocycles. The fourth-order valence-corrected chi connectivity index (χ4v) is 5.48. The van der Waals surface area contributed by atoms with E-state index in [1.807, 2.05) is 6.07 Å². The lowest BCUT2D eigenvalue weighted by molar-refractivity contribution is -0.159. The highest BCUT2D eigenvalue weighted by Crippen LogP contribution is 2.38. The number of carbonyl (C=O) groups is 2. The number of anilines is 1. The molecular weight excluding hydrogens is 607 g/mol. The quantitative estimate of drug-likeness (QED) is 0.189. The van der Waals surface area contributed by atoms with Crippen molar-refractivity contribution in [2.24, 2.45) is 0 Å². The van der Waals surface area contributed by atoms with E-state index in [4.69, 9.17) is 21.6 Å². The van der Waals surface area contributed by atoms with E-state index in [1.54, 1.807) is 42.6 Å². The van der Waals surface area contributed by atoms with Crippen molar-refractivity contribution in [2.45, 2.75) is 31.1 Å². The average molecular weight is 629 g/mol. The Morgan fingerprint density at radius 3 is 2.43 bits per heavy atom. The van der Waals surface area contributed by atoms with Gasteiger partial charge in [0.1, 0.15) is 29.3 Å². The van der Waals surface area contributed by atoms with Crippen LogP contribution in [0.15, 0.2) is 60.8 Å². The first kappa shape index (κ1) is 30.7. The predicted octanol–water partition coefficient (Wildman–Crippen LogP) is 6.36. The Labute approximate surface area is 252 Å². The fourth-order valence-electron chi connectivity index (χ4n) is 5.20. The summed E-state index contributed by atoms with van der Waals surface area (Å²) in [6.45, 7) is -0.0575. The van der Waals surface area contributed by atoms with E-state index in [0.29, 0.717) is 50.3 Å². The lowest BCUT2D eigenvalue weighted by Gasteiger charge is -2.43. The molecule has 1 N–H and O–H groups in total. The number of halogens is 6. The maximum absolute atomic E-state index is 15.0. The Morgan fingerprint density at radius 1 is 1.14 bits per heavy atom. The molecule has 4 aromatic rings. The predicted molar refractivity (Wildman–Crippen MR) is 152 cm³/mol. The molecule has 0 bridgehead atoms. The Kier molecular flexibility index (Phi) is 8.43. The number of carbonyl (C=O) groups excluding carboxylic acids is 2. The molecule has 1 aromatic heterocycles. The normalized spacial score (nSPS) is 15.3. The van der Waals surface area contributed by atoms with Gasteiger partial charge in [0.15, 0.2) is 0 Å². The number of nitriles is 1. The Morgan fingerprint density at radius 2 is 1.84 bits per heavy atom. The summed E-state index contributed by atoms with van der Waals surface area (Å²) in [4.78, 5) is 31.0. The van der Waals surface area contributed by atoms with Crippen LogP contribution in [0.25, 0.3) is 22.0 Å². The summed E-state index contributed by atoms with van der Waals surface area (Å²) in [6, 6.07) is 11.6. The maximum atomic E-state index is 15.0. The van der Waals surface area contributed by atoms with E-state index >= 15 is 0 Å². The van der Waals surface area contributed by atoms with Gasteiger partial charge in [-0.05, 0) is 42.3 Å². The molecule has 1 aliphatic rings. The highest BCUT2D eigenvalue weighted by molar-refractivity contribution is 6.33. The minimum Gasteiger partial charge on any atom is -0.467 e. The number of aromatic nitrogens is 1. The van der Waals surface area contributed by atoms with Crippen LogP contribution in [-0.2, 0) is 16.0 Å². The number of methoxy groups -OCH3 is 1. The Hall–Kier alpha value is -4.76. The molecule has 1 aliphatic heterocycles. The lowest BCUT2D eigenvalue weighted by Crippen LogP contribution is -2.56. The van der Waals surface area contributed by atoms with Crippen LogP contribution in [0.1, 0.15) is 27.9 Å². The number of hydrogen-bond acceptors (Lipinski definition) is 6. The molecule has 3 aromatic carbocycles. The maximum Gasteiger partial charge on any atom is 0.408 e. The first-order valence-corrected chi connectivity index (χ1v) is 13.6. The van der Waals surface area contributed by atoms with Crippen LogP contribution in [0.4, 0.5) is 27.6 Å². The number of nitrogens with zero attached hydrogens (tertiary/aromatic N) is 3. The second-order valence-corrected chi connectivity index (χ2v) is 10.5. The number of rotatable bonds is 7. The molecule has 1 fully saturated rings. The average Bonchev–Trinajstić information content (AvgIpc) is 2.94. The van der Waals surface area contributed by atoms with Crippen LogP contribution in [0.3, 0.4) is 0 Å². The van der Waals surface area contributed by atoms with Gasteiger partial charge in [0.2, 0.25) is 0 Å². The number of hydrogen-bond donors (Lipinski definition) is 1. The van der Waals surface area contributed by atoms with Gasteiger partial charge in [0.25, 0.3) is 5.91 Å². The molecule has 226 valence electrons. The van der Waals surface area contributed by atoms with E-state index in [1.165, 1.54) is 6.07 Å². The van der Waals surface area contributed by atoms with Crippen LogP contribution < -0.4 is 10.2 Å². The minimum atomic E-state index is -4.58. The van der Waals surface area contributed by atoms with Crippen LogP contribution in [0, 0.1) is 23.0 Å². The molecule has 13 heteroatoms. The van der Waals surface area contributed by atoms with Gasteiger partial charge in [0.05, 0.1) is 24.3 Å². The van der Waals surface area contributed by atoms with Gasteiger partial charge in [-0.25, -0.2) is 13.6 Å². The van der Waals surface area contributed by atoms with Gasteiger partial charge in [-0.1, -0.05) is 35.9 Å². The first-order valence-electron chi connectivity index (χ1n) is 13.2. The summed E-state index contributed by atoms with van der Waals surface area (Å²) < 4.78 is 74.3. The largest absolute Gasteiger partial charge is 0.467 e. The highest BCUT2D eigenvalue weighted by Gasteiger charge is 2.49. The van der Waals surface area contributed by atoms with E-state index in [2.05, 4.69) is 10.3 Å². The molecule has 1 amide bonds. The van der Waals surface area contributed by atoms with Gasteiger partial charge in [-0.15, -0.1) is 0 Å². The van der Waals surface area contributed by atoms with Crippen LogP contribution >= 0.6 is 11.6 Å². The van der Waals surface area contributed by atoms with E-state index < -0.39 is 47.3 Å². The number of esters is 1. The highest BCUT2D eigenvalue weighted by atomic mass is 35.5. The zero-order valence-electron chi connectivity index (χ0n) is 22.9. The van der Waals surface area contributed by atoms with Crippen molar-refractivity contribution in [1.82, 2.24) is 10.3 Å². The fraction of sp³-hybridized carbons (Fsp3) is 0.226. The van der Waals surface area contributed by atoms with E-state index in [0.717, 1.165) is 12.0 Å². The number of alkyl halides is 3.